The normalized spacial score (nSPS) is 10.8. The van der Waals surface area contributed by atoms with Gasteiger partial charge < -0.3 is 15.5 Å². The predicted molar refractivity (Wildman–Crippen MR) is 78.4 cm³/mol. The topological polar surface area (TPSA) is 93.3 Å². The molecule has 0 bridgehead atoms. The maximum Gasteiger partial charge on any atom is 0.266 e. The minimum absolute atomic E-state index is 0.0396. The summed E-state index contributed by atoms with van der Waals surface area (Å²) in [6, 6.07) is 11.1. The first-order valence-electron chi connectivity index (χ1n) is 6.21. The number of aromatic hydroxyl groups is 2. The van der Waals surface area contributed by atoms with Crippen molar-refractivity contribution >= 4 is 17.7 Å². The number of phenols is 2. The standard InChI is InChI=1S/C16H11FN2O3/c17-12-3-1-2-4-13(12)19-16(22)11(9-18)7-10-5-6-14(20)15(21)8-10/h1-8,20-21H,(H,19,22). The van der Waals surface area contributed by atoms with Crippen molar-refractivity contribution in [3.8, 4) is 17.6 Å². The van der Waals surface area contributed by atoms with E-state index in [1.165, 1.54) is 42.5 Å². The molecule has 1 amide bonds. The van der Waals surface area contributed by atoms with E-state index in [1.54, 1.807) is 12.1 Å². The number of halogens is 1. The Morgan fingerprint density at radius 3 is 2.55 bits per heavy atom. The number of anilines is 1. The van der Waals surface area contributed by atoms with E-state index in [0.29, 0.717) is 5.56 Å². The van der Waals surface area contributed by atoms with Gasteiger partial charge in [0.15, 0.2) is 11.5 Å². The Kier molecular flexibility index (Phi) is 4.39. The van der Waals surface area contributed by atoms with Crippen molar-refractivity contribution in [3.05, 3.63) is 59.4 Å². The van der Waals surface area contributed by atoms with Gasteiger partial charge in [-0.15, -0.1) is 0 Å². The Morgan fingerprint density at radius 1 is 1.18 bits per heavy atom. The number of phenolic OH excluding ortho intramolecular Hbond substituents is 2. The van der Waals surface area contributed by atoms with Crippen LogP contribution in [0.3, 0.4) is 0 Å². The fourth-order valence-corrected chi connectivity index (χ4v) is 1.70. The number of carbonyl (C=O) groups excluding carboxylic acids is 1. The van der Waals surface area contributed by atoms with E-state index in [1.807, 2.05) is 0 Å². The monoisotopic (exact) mass is 298 g/mol. The van der Waals surface area contributed by atoms with Crippen LogP contribution in [0.25, 0.3) is 6.08 Å². The number of rotatable bonds is 3. The van der Waals surface area contributed by atoms with Gasteiger partial charge in [-0.1, -0.05) is 18.2 Å². The fraction of sp³-hybridized carbons (Fsp3) is 0. The summed E-state index contributed by atoms with van der Waals surface area (Å²) in [7, 11) is 0. The molecule has 5 nitrogen and oxygen atoms in total. The molecule has 110 valence electrons. The number of nitrogens with zero attached hydrogens (tertiary/aromatic N) is 1. The molecule has 0 spiro atoms. The number of nitrogens with one attached hydrogen (secondary N) is 1. The van der Waals surface area contributed by atoms with Gasteiger partial charge in [0, 0.05) is 0 Å². The van der Waals surface area contributed by atoms with Crippen LogP contribution in [0.4, 0.5) is 10.1 Å². The number of hydrogen-bond donors (Lipinski definition) is 3. The van der Waals surface area contributed by atoms with Gasteiger partial charge in [0.05, 0.1) is 5.69 Å². The highest BCUT2D eigenvalue weighted by atomic mass is 19.1. The lowest BCUT2D eigenvalue weighted by molar-refractivity contribution is -0.112. The Balaban J connectivity index is 2.26. The third-order valence-electron chi connectivity index (χ3n) is 2.80. The lowest BCUT2D eigenvalue weighted by atomic mass is 10.1. The quantitative estimate of drug-likeness (QED) is 0.461. The van der Waals surface area contributed by atoms with Gasteiger partial charge in [-0.2, -0.15) is 5.26 Å². The van der Waals surface area contributed by atoms with Crippen molar-refractivity contribution in [2.45, 2.75) is 0 Å². The van der Waals surface area contributed by atoms with E-state index in [4.69, 9.17) is 5.26 Å². The molecule has 3 N–H and O–H groups in total. The van der Waals surface area contributed by atoms with Crippen molar-refractivity contribution in [1.82, 2.24) is 0 Å². The summed E-state index contributed by atoms with van der Waals surface area (Å²) in [5, 5.41) is 29.9. The van der Waals surface area contributed by atoms with Gasteiger partial charge in [-0.3, -0.25) is 4.79 Å². The van der Waals surface area contributed by atoms with Crippen LogP contribution in [0.1, 0.15) is 5.56 Å². The first-order chi connectivity index (χ1) is 10.5. The maximum atomic E-state index is 13.5. The van der Waals surface area contributed by atoms with E-state index in [-0.39, 0.29) is 22.8 Å². The first-order valence-corrected chi connectivity index (χ1v) is 6.21. The lowest BCUT2D eigenvalue weighted by Crippen LogP contribution is -2.14. The zero-order valence-corrected chi connectivity index (χ0v) is 11.2. The van der Waals surface area contributed by atoms with Crippen molar-refractivity contribution in [2.24, 2.45) is 0 Å². The molecule has 0 aliphatic rings. The molecule has 0 heterocycles. The van der Waals surface area contributed by atoms with Gasteiger partial charge in [-0.05, 0) is 35.9 Å². The summed E-state index contributed by atoms with van der Waals surface area (Å²) in [6.07, 6.45) is 1.22. The van der Waals surface area contributed by atoms with Crippen molar-refractivity contribution in [1.29, 1.82) is 5.26 Å². The molecule has 0 saturated carbocycles. The molecule has 2 aromatic rings. The zero-order chi connectivity index (χ0) is 16.1. The fourth-order valence-electron chi connectivity index (χ4n) is 1.70. The molecule has 0 radical (unpaired) electrons. The van der Waals surface area contributed by atoms with Crippen LogP contribution in [-0.2, 0) is 4.79 Å². The molecule has 2 rings (SSSR count). The summed E-state index contributed by atoms with van der Waals surface area (Å²) in [6.45, 7) is 0. The number of para-hydroxylation sites is 1. The van der Waals surface area contributed by atoms with E-state index in [9.17, 15) is 19.4 Å². The van der Waals surface area contributed by atoms with Crippen molar-refractivity contribution in [3.63, 3.8) is 0 Å². The van der Waals surface area contributed by atoms with Gasteiger partial charge in [0.2, 0.25) is 0 Å². The molecule has 0 unspecified atom stereocenters. The second kappa shape index (κ2) is 6.41. The van der Waals surface area contributed by atoms with Crippen LogP contribution < -0.4 is 5.32 Å². The average molecular weight is 298 g/mol. The van der Waals surface area contributed by atoms with Gasteiger partial charge in [-0.25, -0.2) is 4.39 Å². The average Bonchev–Trinajstić information content (AvgIpc) is 2.50. The molecule has 2 aromatic carbocycles. The Labute approximate surface area is 125 Å². The summed E-state index contributed by atoms with van der Waals surface area (Å²) < 4.78 is 13.5. The maximum absolute atomic E-state index is 13.5. The largest absolute Gasteiger partial charge is 0.504 e. The Hall–Kier alpha value is -3.33. The highest BCUT2D eigenvalue weighted by Gasteiger charge is 2.12. The van der Waals surface area contributed by atoms with Crippen molar-refractivity contribution < 1.29 is 19.4 Å². The summed E-state index contributed by atoms with van der Waals surface area (Å²) in [4.78, 5) is 12.0. The van der Waals surface area contributed by atoms with Crippen LogP contribution in [0.2, 0.25) is 0 Å². The lowest BCUT2D eigenvalue weighted by Gasteiger charge is -2.05. The summed E-state index contributed by atoms with van der Waals surface area (Å²) in [5.74, 6) is -2.08. The summed E-state index contributed by atoms with van der Waals surface area (Å²) >= 11 is 0. The minimum atomic E-state index is -0.778. The molecule has 22 heavy (non-hydrogen) atoms. The van der Waals surface area contributed by atoms with Gasteiger partial charge >= 0.3 is 0 Å². The Bertz CT molecular complexity index is 794. The highest BCUT2D eigenvalue weighted by Crippen LogP contribution is 2.26. The molecule has 0 fully saturated rings. The van der Waals surface area contributed by atoms with E-state index < -0.39 is 11.7 Å². The minimum Gasteiger partial charge on any atom is -0.504 e. The molecule has 0 atom stereocenters. The highest BCUT2D eigenvalue weighted by molar-refractivity contribution is 6.09. The second-order valence-corrected chi connectivity index (χ2v) is 4.35. The van der Waals surface area contributed by atoms with Gasteiger partial charge in [0.25, 0.3) is 5.91 Å². The molecule has 0 aliphatic carbocycles. The number of nitriles is 1. The van der Waals surface area contributed by atoms with E-state index >= 15 is 0 Å². The molecule has 0 saturated heterocycles. The van der Waals surface area contributed by atoms with E-state index in [0.717, 1.165) is 0 Å². The predicted octanol–water partition coefficient (Wildman–Crippen LogP) is 2.78. The zero-order valence-electron chi connectivity index (χ0n) is 11.2. The first kappa shape index (κ1) is 15.1. The van der Waals surface area contributed by atoms with Gasteiger partial charge in [0.1, 0.15) is 17.5 Å². The molecular formula is C16H11FN2O3. The van der Waals surface area contributed by atoms with Crippen LogP contribution in [0, 0.1) is 17.1 Å². The SMILES string of the molecule is N#CC(=Cc1ccc(O)c(O)c1)C(=O)Nc1ccccc1F. The van der Waals surface area contributed by atoms with Crippen LogP contribution >= 0.6 is 0 Å². The summed E-state index contributed by atoms with van der Waals surface area (Å²) in [5.41, 5.74) is 0.0334. The molecule has 0 aliphatic heterocycles. The van der Waals surface area contributed by atoms with Crippen LogP contribution in [0.15, 0.2) is 48.0 Å². The molecule has 6 heteroatoms. The molecule has 0 aromatic heterocycles. The smallest absolute Gasteiger partial charge is 0.266 e. The second-order valence-electron chi connectivity index (χ2n) is 4.35. The number of carbonyl (C=O) groups is 1. The van der Waals surface area contributed by atoms with Crippen LogP contribution in [0.5, 0.6) is 11.5 Å². The third kappa shape index (κ3) is 3.41. The number of amides is 1. The third-order valence-corrected chi connectivity index (χ3v) is 2.80. The number of benzene rings is 2. The Morgan fingerprint density at radius 2 is 1.91 bits per heavy atom. The van der Waals surface area contributed by atoms with Crippen LogP contribution in [-0.4, -0.2) is 16.1 Å². The number of hydrogen-bond acceptors (Lipinski definition) is 4. The molecular weight excluding hydrogens is 287 g/mol. The van der Waals surface area contributed by atoms with E-state index in [2.05, 4.69) is 5.32 Å². The van der Waals surface area contributed by atoms with Crippen molar-refractivity contribution in [2.75, 3.05) is 5.32 Å².